The van der Waals surface area contributed by atoms with Crippen molar-refractivity contribution in [2.45, 2.75) is 13.3 Å². The maximum absolute atomic E-state index is 12.0. The van der Waals surface area contributed by atoms with Crippen LogP contribution in [0.15, 0.2) is 48.5 Å². The number of hydrogen-bond donors (Lipinski definition) is 2. The third-order valence-electron chi connectivity index (χ3n) is 3.51. The molecule has 128 valence electrons. The van der Waals surface area contributed by atoms with Gasteiger partial charge in [-0.2, -0.15) is 0 Å². The second kappa shape index (κ2) is 7.76. The van der Waals surface area contributed by atoms with E-state index in [9.17, 15) is 4.79 Å². The number of aromatic nitrogens is 2. The monoisotopic (exact) mass is 354 g/mol. The summed E-state index contributed by atoms with van der Waals surface area (Å²) in [5.74, 6) is 0.816. The van der Waals surface area contributed by atoms with Gasteiger partial charge in [-0.15, -0.1) is 10.2 Å². The summed E-state index contributed by atoms with van der Waals surface area (Å²) in [6.07, 6.45) is 0.656. The van der Waals surface area contributed by atoms with Crippen LogP contribution >= 0.6 is 11.3 Å². The van der Waals surface area contributed by atoms with Crippen LogP contribution in [0, 0.1) is 6.92 Å². The number of amides is 2. The van der Waals surface area contributed by atoms with E-state index in [0.717, 1.165) is 27.6 Å². The molecule has 2 amide bonds. The zero-order valence-electron chi connectivity index (χ0n) is 13.9. The van der Waals surface area contributed by atoms with E-state index in [0.29, 0.717) is 11.6 Å². The van der Waals surface area contributed by atoms with Crippen molar-refractivity contribution < 1.29 is 9.53 Å². The number of methoxy groups -OCH3 is 1. The minimum Gasteiger partial charge on any atom is -0.497 e. The third kappa shape index (κ3) is 4.77. The highest BCUT2D eigenvalue weighted by Crippen LogP contribution is 2.20. The van der Waals surface area contributed by atoms with Crippen LogP contribution in [-0.2, 0) is 6.42 Å². The molecule has 2 N–H and O–H groups in total. The molecule has 0 fully saturated rings. The van der Waals surface area contributed by atoms with E-state index in [1.54, 1.807) is 7.11 Å². The molecule has 25 heavy (non-hydrogen) atoms. The molecular weight excluding hydrogens is 336 g/mol. The lowest BCUT2D eigenvalue weighted by Gasteiger charge is -2.05. The molecule has 0 saturated carbocycles. The number of benzene rings is 2. The molecule has 1 heterocycles. The molecule has 0 saturated heterocycles. The van der Waals surface area contributed by atoms with E-state index in [-0.39, 0.29) is 6.03 Å². The van der Waals surface area contributed by atoms with Gasteiger partial charge in [0.25, 0.3) is 0 Å². The molecule has 0 unspecified atom stereocenters. The number of ether oxygens (including phenoxy) is 1. The first-order valence-electron chi connectivity index (χ1n) is 7.72. The number of rotatable bonds is 5. The largest absolute Gasteiger partial charge is 0.497 e. The summed E-state index contributed by atoms with van der Waals surface area (Å²) in [6.45, 7) is 2.00. The molecule has 0 aliphatic rings. The minimum atomic E-state index is -0.337. The van der Waals surface area contributed by atoms with E-state index in [4.69, 9.17) is 4.74 Å². The second-order valence-electron chi connectivity index (χ2n) is 5.47. The molecule has 3 aromatic rings. The van der Waals surface area contributed by atoms with Crippen molar-refractivity contribution in [3.63, 3.8) is 0 Å². The number of hydrogen-bond acceptors (Lipinski definition) is 5. The zero-order valence-corrected chi connectivity index (χ0v) is 14.8. The molecule has 0 radical (unpaired) electrons. The van der Waals surface area contributed by atoms with Crippen LogP contribution in [0.1, 0.15) is 16.1 Å². The average molecular weight is 354 g/mol. The number of anilines is 2. The van der Waals surface area contributed by atoms with Gasteiger partial charge in [0.05, 0.1) is 7.11 Å². The summed E-state index contributed by atoms with van der Waals surface area (Å²) in [7, 11) is 1.64. The van der Waals surface area contributed by atoms with Crippen LogP contribution in [0.3, 0.4) is 0 Å². The standard InChI is InChI=1S/C18H18N4O2S/c1-12-3-7-14(8-4-12)19-17(23)20-18-22-21-16(25-18)11-13-5-9-15(24-2)10-6-13/h3-10H,11H2,1-2H3,(H2,19,20,22,23). The fourth-order valence-electron chi connectivity index (χ4n) is 2.19. The Bertz CT molecular complexity index is 844. The number of nitrogens with one attached hydrogen (secondary N) is 2. The van der Waals surface area contributed by atoms with E-state index >= 15 is 0 Å². The maximum Gasteiger partial charge on any atom is 0.325 e. The van der Waals surface area contributed by atoms with Crippen LogP contribution in [-0.4, -0.2) is 23.3 Å². The first kappa shape index (κ1) is 16.9. The van der Waals surface area contributed by atoms with Crippen molar-refractivity contribution in [2.75, 3.05) is 17.7 Å². The number of carbonyl (C=O) groups is 1. The fraction of sp³-hybridized carbons (Fsp3) is 0.167. The number of nitrogens with zero attached hydrogens (tertiary/aromatic N) is 2. The first-order valence-corrected chi connectivity index (χ1v) is 8.54. The van der Waals surface area contributed by atoms with Gasteiger partial charge in [0, 0.05) is 12.1 Å². The van der Waals surface area contributed by atoms with Crippen LogP contribution < -0.4 is 15.4 Å². The summed E-state index contributed by atoms with van der Waals surface area (Å²) < 4.78 is 5.14. The molecule has 0 aliphatic carbocycles. The molecule has 1 aromatic heterocycles. The summed E-state index contributed by atoms with van der Waals surface area (Å²) in [5.41, 5.74) is 2.97. The van der Waals surface area contributed by atoms with Gasteiger partial charge < -0.3 is 10.1 Å². The summed E-state index contributed by atoms with van der Waals surface area (Å²) in [4.78, 5) is 12.0. The second-order valence-corrected chi connectivity index (χ2v) is 6.53. The summed E-state index contributed by atoms with van der Waals surface area (Å²) in [5, 5.41) is 14.9. The first-order chi connectivity index (χ1) is 12.1. The number of aryl methyl sites for hydroxylation is 1. The highest BCUT2D eigenvalue weighted by molar-refractivity contribution is 7.15. The molecule has 0 bridgehead atoms. The van der Waals surface area contributed by atoms with Gasteiger partial charge in [-0.25, -0.2) is 4.79 Å². The smallest absolute Gasteiger partial charge is 0.325 e. The summed E-state index contributed by atoms with van der Waals surface area (Å²) in [6, 6.07) is 15.0. The quantitative estimate of drug-likeness (QED) is 0.723. The fourth-order valence-corrected chi connectivity index (χ4v) is 2.96. The highest BCUT2D eigenvalue weighted by atomic mass is 32.1. The van der Waals surface area contributed by atoms with Crippen molar-refractivity contribution in [3.8, 4) is 5.75 Å². The molecular formula is C18H18N4O2S. The zero-order chi connectivity index (χ0) is 17.6. The predicted molar refractivity (Wildman–Crippen MR) is 99.5 cm³/mol. The molecule has 0 atom stereocenters. The Labute approximate surface area is 149 Å². The van der Waals surface area contributed by atoms with Gasteiger partial charge in [0.2, 0.25) is 5.13 Å². The van der Waals surface area contributed by atoms with Crippen molar-refractivity contribution in [3.05, 3.63) is 64.7 Å². The van der Waals surface area contributed by atoms with Crippen molar-refractivity contribution in [1.82, 2.24) is 10.2 Å². The van der Waals surface area contributed by atoms with Gasteiger partial charge in [0.15, 0.2) is 0 Å². The van der Waals surface area contributed by atoms with E-state index in [1.807, 2.05) is 55.5 Å². The molecule has 7 heteroatoms. The van der Waals surface area contributed by atoms with Crippen LogP contribution in [0.2, 0.25) is 0 Å². The Morgan fingerprint density at radius 2 is 1.76 bits per heavy atom. The molecule has 2 aromatic carbocycles. The SMILES string of the molecule is COc1ccc(Cc2nnc(NC(=O)Nc3ccc(C)cc3)s2)cc1. The Morgan fingerprint density at radius 3 is 2.44 bits per heavy atom. The van der Waals surface area contributed by atoms with E-state index < -0.39 is 0 Å². The number of carbonyl (C=O) groups excluding carboxylic acids is 1. The van der Waals surface area contributed by atoms with Gasteiger partial charge in [-0.1, -0.05) is 41.2 Å². The lowest BCUT2D eigenvalue weighted by Crippen LogP contribution is -2.19. The highest BCUT2D eigenvalue weighted by Gasteiger charge is 2.09. The maximum atomic E-state index is 12.0. The van der Waals surface area contributed by atoms with Gasteiger partial charge >= 0.3 is 6.03 Å². The molecule has 0 aliphatic heterocycles. The lowest BCUT2D eigenvalue weighted by atomic mass is 10.1. The van der Waals surface area contributed by atoms with E-state index in [2.05, 4.69) is 20.8 Å². The minimum absolute atomic E-state index is 0.337. The van der Waals surface area contributed by atoms with Crippen molar-refractivity contribution >= 4 is 28.2 Å². The van der Waals surface area contributed by atoms with Gasteiger partial charge in [0.1, 0.15) is 10.8 Å². The lowest BCUT2D eigenvalue weighted by molar-refractivity contribution is 0.262. The topological polar surface area (TPSA) is 76.1 Å². The average Bonchev–Trinajstić information content (AvgIpc) is 3.04. The molecule has 3 rings (SSSR count). The van der Waals surface area contributed by atoms with Crippen LogP contribution in [0.4, 0.5) is 15.6 Å². The Morgan fingerprint density at radius 1 is 1.04 bits per heavy atom. The van der Waals surface area contributed by atoms with E-state index in [1.165, 1.54) is 11.3 Å². The van der Waals surface area contributed by atoms with Gasteiger partial charge in [-0.3, -0.25) is 5.32 Å². The molecule has 6 nitrogen and oxygen atoms in total. The summed E-state index contributed by atoms with van der Waals surface area (Å²) >= 11 is 1.35. The van der Waals surface area contributed by atoms with Crippen LogP contribution in [0.5, 0.6) is 5.75 Å². The Balaban J connectivity index is 1.57. The Hall–Kier alpha value is -2.93. The third-order valence-corrected chi connectivity index (χ3v) is 4.35. The molecule has 0 spiro atoms. The van der Waals surface area contributed by atoms with Gasteiger partial charge in [-0.05, 0) is 36.8 Å². The van der Waals surface area contributed by atoms with Crippen molar-refractivity contribution in [2.24, 2.45) is 0 Å². The van der Waals surface area contributed by atoms with Crippen molar-refractivity contribution in [1.29, 1.82) is 0 Å². The normalized spacial score (nSPS) is 10.3. The van der Waals surface area contributed by atoms with Crippen LogP contribution in [0.25, 0.3) is 0 Å². The number of urea groups is 1. The Kier molecular flexibility index (Phi) is 5.25. The predicted octanol–water partition coefficient (Wildman–Crippen LogP) is 4.09.